The molecule has 1 amide bonds. The van der Waals surface area contributed by atoms with E-state index in [1.165, 1.54) is 6.20 Å². The molecule has 0 saturated carbocycles. The van der Waals surface area contributed by atoms with Crippen molar-refractivity contribution >= 4 is 11.7 Å². The summed E-state index contributed by atoms with van der Waals surface area (Å²) in [6.45, 7) is 1.89. The molecule has 1 aromatic rings. The highest BCUT2D eigenvalue weighted by atomic mass is 16.5. The lowest BCUT2D eigenvalue weighted by molar-refractivity contribution is -0.116. The molecular formula is C10H14N4O2. The monoisotopic (exact) mass is 222 g/mol. The maximum atomic E-state index is 11.5. The lowest BCUT2D eigenvalue weighted by Gasteiger charge is -2.08. The molecule has 0 bridgehead atoms. The van der Waals surface area contributed by atoms with E-state index in [2.05, 4.69) is 15.5 Å². The van der Waals surface area contributed by atoms with Crippen LogP contribution in [0.2, 0.25) is 0 Å². The van der Waals surface area contributed by atoms with Gasteiger partial charge in [0.05, 0.1) is 12.3 Å². The standard InChI is InChI=1S/C10H14N4O2/c1-7(16-2)3-4-9(15)13-10-8(5-11)6-12-14-10/h6-7H,3-4H2,1-2H3,(H2,12,13,14,15). The smallest absolute Gasteiger partial charge is 0.225 e. The number of nitriles is 1. The Morgan fingerprint density at radius 3 is 3.19 bits per heavy atom. The second-order valence-corrected chi connectivity index (χ2v) is 3.40. The normalized spacial score (nSPS) is 11.8. The zero-order valence-electron chi connectivity index (χ0n) is 9.28. The van der Waals surface area contributed by atoms with Crippen molar-refractivity contribution in [1.82, 2.24) is 10.2 Å². The van der Waals surface area contributed by atoms with Crippen LogP contribution >= 0.6 is 0 Å². The molecule has 0 fully saturated rings. The van der Waals surface area contributed by atoms with E-state index in [4.69, 9.17) is 10.00 Å². The van der Waals surface area contributed by atoms with Gasteiger partial charge in [0, 0.05) is 13.5 Å². The first-order valence-electron chi connectivity index (χ1n) is 4.93. The number of H-pyrrole nitrogens is 1. The molecule has 16 heavy (non-hydrogen) atoms. The average Bonchev–Trinajstić information content (AvgIpc) is 2.73. The van der Waals surface area contributed by atoms with E-state index in [1.54, 1.807) is 7.11 Å². The van der Waals surface area contributed by atoms with Crippen molar-refractivity contribution in [2.45, 2.75) is 25.9 Å². The molecule has 0 aliphatic carbocycles. The number of carbonyl (C=O) groups excluding carboxylic acids is 1. The zero-order valence-corrected chi connectivity index (χ0v) is 9.28. The van der Waals surface area contributed by atoms with E-state index in [-0.39, 0.29) is 12.0 Å². The van der Waals surface area contributed by atoms with Crippen molar-refractivity contribution in [1.29, 1.82) is 5.26 Å². The second kappa shape index (κ2) is 5.88. The average molecular weight is 222 g/mol. The SMILES string of the molecule is COC(C)CCC(=O)Nc1[nH]ncc1C#N. The van der Waals surface area contributed by atoms with Crippen molar-refractivity contribution in [2.24, 2.45) is 0 Å². The summed E-state index contributed by atoms with van der Waals surface area (Å²) in [5.74, 6) is 0.183. The lowest BCUT2D eigenvalue weighted by Crippen LogP contribution is -2.15. The predicted octanol–water partition coefficient (Wildman–Crippen LogP) is 1.03. The molecule has 0 aliphatic heterocycles. The number of carbonyl (C=O) groups is 1. The highest BCUT2D eigenvalue weighted by Gasteiger charge is 2.09. The predicted molar refractivity (Wildman–Crippen MR) is 57.6 cm³/mol. The molecular weight excluding hydrogens is 208 g/mol. The fourth-order valence-corrected chi connectivity index (χ4v) is 1.12. The number of nitrogens with one attached hydrogen (secondary N) is 2. The lowest BCUT2D eigenvalue weighted by atomic mass is 10.2. The molecule has 1 atom stereocenters. The van der Waals surface area contributed by atoms with Crippen LogP contribution in [0.3, 0.4) is 0 Å². The fourth-order valence-electron chi connectivity index (χ4n) is 1.12. The van der Waals surface area contributed by atoms with Crippen molar-refractivity contribution < 1.29 is 9.53 Å². The molecule has 1 aromatic heterocycles. The Labute approximate surface area is 93.6 Å². The third-order valence-electron chi connectivity index (χ3n) is 2.20. The minimum atomic E-state index is -0.162. The third kappa shape index (κ3) is 3.37. The van der Waals surface area contributed by atoms with E-state index >= 15 is 0 Å². The summed E-state index contributed by atoms with van der Waals surface area (Å²) in [5.41, 5.74) is 0.327. The summed E-state index contributed by atoms with van der Waals surface area (Å²) >= 11 is 0. The maximum absolute atomic E-state index is 11.5. The minimum absolute atomic E-state index is 0.0444. The van der Waals surface area contributed by atoms with Crippen LogP contribution in [0.4, 0.5) is 5.82 Å². The molecule has 6 nitrogen and oxygen atoms in total. The van der Waals surface area contributed by atoms with Crippen LogP contribution < -0.4 is 5.32 Å². The van der Waals surface area contributed by atoms with E-state index in [9.17, 15) is 4.79 Å². The summed E-state index contributed by atoms with van der Waals surface area (Å²) < 4.78 is 5.03. The quantitative estimate of drug-likeness (QED) is 0.778. The molecule has 0 spiro atoms. The molecule has 1 rings (SSSR count). The number of nitrogens with zero attached hydrogens (tertiary/aromatic N) is 2. The van der Waals surface area contributed by atoms with Gasteiger partial charge < -0.3 is 10.1 Å². The Morgan fingerprint density at radius 1 is 1.81 bits per heavy atom. The Balaban J connectivity index is 2.43. The number of methoxy groups -OCH3 is 1. The number of anilines is 1. The van der Waals surface area contributed by atoms with Gasteiger partial charge in [-0.05, 0) is 13.3 Å². The number of aromatic nitrogens is 2. The molecule has 86 valence electrons. The first-order chi connectivity index (χ1) is 7.67. The van der Waals surface area contributed by atoms with Crippen LogP contribution in [0.25, 0.3) is 0 Å². The number of ether oxygens (including phenoxy) is 1. The first kappa shape index (κ1) is 12.2. The van der Waals surface area contributed by atoms with Crippen molar-refractivity contribution in [2.75, 3.05) is 12.4 Å². The van der Waals surface area contributed by atoms with Crippen LogP contribution in [0.5, 0.6) is 0 Å². The molecule has 1 unspecified atom stereocenters. The number of amides is 1. The summed E-state index contributed by atoms with van der Waals surface area (Å²) in [6, 6.07) is 1.92. The molecule has 2 N–H and O–H groups in total. The highest BCUT2D eigenvalue weighted by molar-refractivity contribution is 5.90. The molecule has 0 aliphatic rings. The Kier molecular flexibility index (Phi) is 4.48. The van der Waals surface area contributed by atoms with E-state index < -0.39 is 0 Å². The topological polar surface area (TPSA) is 90.8 Å². The van der Waals surface area contributed by atoms with Crippen LogP contribution in [-0.2, 0) is 9.53 Å². The van der Waals surface area contributed by atoms with Crippen LogP contribution in [0.1, 0.15) is 25.3 Å². The van der Waals surface area contributed by atoms with Gasteiger partial charge in [-0.3, -0.25) is 9.89 Å². The van der Waals surface area contributed by atoms with Gasteiger partial charge >= 0.3 is 0 Å². The van der Waals surface area contributed by atoms with E-state index in [0.717, 1.165) is 0 Å². The number of hydrogen-bond donors (Lipinski definition) is 2. The van der Waals surface area contributed by atoms with Crippen molar-refractivity contribution in [3.63, 3.8) is 0 Å². The summed E-state index contributed by atoms with van der Waals surface area (Å²) in [5, 5.41) is 17.5. The van der Waals surface area contributed by atoms with Gasteiger partial charge in [0.2, 0.25) is 5.91 Å². The number of hydrogen-bond acceptors (Lipinski definition) is 4. The molecule has 6 heteroatoms. The molecule has 0 radical (unpaired) electrons. The Morgan fingerprint density at radius 2 is 2.56 bits per heavy atom. The maximum Gasteiger partial charge on any atom is 0.225 e. The van der Waals surface area contributed by atoms with Gasteiger partial charge in [-0.2, -0.15) is 10.4 Å². The Hall–Kier alpha value is -1.87. The van der Waals surface area contributed by atoms with Crippen LogP contribution in [-0.4, -0.2) is 29.3 Å². The van der Waals surface area contributed by atoms with Crippen LogP contribution in [0.15, 0.2) is 6.20 Å². The van der Waals surface area contributed by atoms with Gasteiger partial charge in [0.25, 0.3) is 0 Å². The van der Waals surface area contributed by atoms with Crippen molar-refractivity contribution in [3.8, 4) is 6.07 Å². The number of rotatable bonds is 5. The molecule has 0 aromatic carbocycles. The molecule has 1 heterocycles. The van der Waals surface area contributed by atoms with Gasteiger partial charge in [0.15, 0.2) is 0 Å². The number of aromatic amines is 1. The Bertz CT molecular complexity index is 394. The van der Waals surface area contributed by atoms with Crippen molar-refractivity contribution in [3.05, 3.63) is 11.8 Å². The van der Waals surface area contributed by atoms with E-state index in [1.807, 2.05) is 13.0 Å². The summed E-state index contributed by atoms with van der Waals surface area (Å²) in [6.07, 6.45) is 2.40. The first-order valence-corrected chi connectivity index (χ1v) is 4.93. The zero-order chi connectivity index (χ0) is 12.0. The van der Waals surface area contributed by atoms with E-state index in [0.29, 0.717) is 24.2 Å². The molecule has 0 saturated heterocycles. The third-order valence-corrected chi connectivity index (χ3v) is 2.20. The second-order valence-electron chi connectivity index (χ2n) is 3.40. The largest absolute Gasteiger partial charge is 0.382 e. The fraction of sp³-hybridized carbons (Fsp3) is 0.500. The summed E-state index contributed by atoms with van der Waals surface area (Å²) in [7, 11) is 1.60. The van der Waals surface area contributed by atoms with Gasteiger partial charge in [-0.1, -0.05) is 0 Å². The van der Waals surface area contributed by atoms with Crippen LogP contribution in [0, 0.1) is 11.3 Å². The summed E-state index contributed by atoms with van der Waals surface area (Å²) in [4.78, 5) is 11.5. The highest BCUT2D eigenvalue weighted by Crippen LogP contribution is 2.10. The van der Waals surface area contributed by atoms with Gasteiger partial charge in [-0.15, -0.1) is 0 Å². The minimum Gasteiger partial charge on any atom is -0.382 e. The van der Waals surface area contributed by atoms with Gasteiger partial charge in [-0.25, -0.2) is 0 Å². The van der Waals surface area contributed by atoms with Gasteiger partial charge in [0.1, 0.15) is 17.5 Å².